The maximum Gasteiger partial charge on any atom is 0.143 e. The quantitative estimate of drug-likeness (QED) is 0.368. The highest BCUT2D eigenvalue weighted by Crippen LogP contribution is 2.42. The normalized spacial score (nSPS) is 15.7. The van der Waals surface area contributed by atoms with Gasteiger partial charge in [-0.3, -0.25) is 4.21 Å². The lowest BCUT2D eigenvalue weighted by molar-refractivity contribution is 0.214. The minimum atomic E-state index is -2.50. The molecule has 1 aliphatic rings. The smallest absolute Gasteiger partial charge is 0.143 e. The Hall–Kier alpha value is -2.25. The van der Waals surface area contributed by atoms with Crippen LogP contribution in [0.1, 0.15) is 54.7 Å². The molecule has 0 amide bonds. The lowest BCUT2D eigenvalue weighted by Crippen LogP contribution is -2.13. The first kappa shape index (κ1) is 21.5. The first-order valence-electron chi connectivity index (χ1n) is 9.99. The topological polar surface area (TPSA) is 90.8 Å². The Labute approximate surface area is 174 Å². The number of hydrogen-bond acceptors (Lipinski definition) is 5. The largest absolute Gasteiger partial charge is 0.755 e. The fourth-order valence-electron chi connectivity index (χ4n) is 3.73. The predicted molar refractivity (Wildman–Crippen MR) is 113 cm³/mol. The second-order valence-electron chi connectivity index (χ2n) is 7.52. The van der Waals surface area contributed by atoms with Crippen molar-refractivity contribution in [1.29, 1.82) is 0 Å². The summed E-state index contributed by atoms with van der Waals surface area (Å²) in [6.07, 6.45) is 5.54. The number of phenolic OH excluding ortho intramolecular Hbond substituents is 1. The second-order valence-corrected chi connectivity index (χ2v) is 8.20. The van der Waals surface area contributed by atoms with E-state index < -0.39 is 11.3 Å². The summed E-state index contributed by atoms with van der Waals surface area (Å²) in [5, 5.41) is 10.2. The van der Waals surface area contributed by atoms with Gasteiger partial charge in [-0.15, -0.1) is 0 Å². The molecule has 1 atom stereocenters. The molecular weight excluding hydrogens is 390 g/mol. The van der Waals surface area contributed by atoms with Crippen molar-refractivity contribution in [1.82, 2.24) is 0 Å². The SMILES string of the molecule is Cc1ccc(OCCOc2cc(O)c(NS(=O)[O-])cc2C2CCCCC2)cc1C. The Balaban J connectivity index is 1.69. The van der Waals surface area contributed by atoms with E-state index >= 15 is 0 Å². The van der Waals surface area contributed by atoms with Crippen molar-refractivity contribution in [2.45, 2.75) is 51.9 Å². The number of aryl methyl sites for hydroxylation is 2. The first-order chi connectivity index (χ1) is 13.9. The molecule has 1 saturated carbocycles. The monoisotopic (exact) mass is 418 g/mol. The van der Waals surface area contributed by atoms with Gasteiger partial charge in [-0.1, -0.05) is 25.3 Å². The van der Waals surface area contributed by atoms with E-state index in [1.54, 1.807) is 6.07 Å². The fraction of sp³-hybridized carbons (Fsp3) is 0.455. The number of ether oxygens (including phenoxy) is 2. The molecule has 1 aliphatic carbocycles. The Morgan fingerprint density at radius 1 is 1.07 bits per heavy atom. The highest BCUT2D eigenvalue weighted by atomic mass is 32.2. The van der Waals surface area contributed by atoms with E-state index in [1.165, 1.54) is 23.6 Å². The molecule has 1 fully saturated rings. The van der Waals surface area contributed by atoms with E-state index in [0.29, 0.717) is 24.9 Å². The van der Waals surface area contributed by atoms with Crippen molar-refractivity contribution >= 4 is 17.0 Å². The maximum atomic E-state index is 11.0. The van der Waals surface area contributed by atoms with Crippen LogP contribution in [-0.2, 0) is 11.3 Å². The zero-order valence-electron chi connectivity index (χ0n) is 16.9. The van der Waals surface area contributed by atoms with Crippen molar-refractivity contribution in [3.05, 3.63) is 47.0 Å². The third-order valence-electron chi connectivity index (χ3n) is 5.45. The van der Waals surface area contributed by atoms with Gasteiger partial charge in [0.15, 0.2) is 0 Å². The van der Waals surface area contributed by atoms with Crippen molar-refractivity contribution in [2.75, 3.05) is 17.9 Å². The lowest BCUT2D eigenvalue weighted by Gasteiger charge is -2.25. The van der Waals surface area contributed by atoms with Crippen LogP contribution >= 0.6 is 0 Å². The van der Waals surface area contributed by atoms with Crippen molar-refractivity contribution in [3.63, 3.8) is 0 Å². The highest BCUT2D eigenvalue weighted by molar-refractivity contribution is 7.80. The van der Waals surface area contributed by atoms with E-state index in [0.717, 1.165) is 37.0 Å². The second kappa shape index (κ2) is 9.98. The number of nitrogens with one attached hydrogen (secondary N) is 1. The summed E-state index contributed by atoms with van der Waals surface area (Å²) in [5.74, 6) is 1.52. The summed E-state index contributed by atoms with van der Waals surface area (Å²) in [5.41, 5.74) is 3.50. The third kappa shape index (κ3) is 5.87. The highest BCUT2D eigenvalue weighted by Gasteiger charge is 2.21. The van der Waals surface area contributed by atoms with Crippen molar-refractivity contribution in [3.8, 4) is 17.2 Å². The van der Waals surface area contributed by atoms with Gasteiger partial charge in [0, 0.05) is 17.3 Å². The summed E-state index contributed by atoms with van der Waals surface area (Å²) >= 11 is -2.50. The molecular formula is C22H28NO5S-. The summed E-state index contributed by atoms with van der Waals surface area (Å²) in [6, 6.07) is 9.15. The van der Waals surface area contributed by atoms with Gasteiger partial charge in [0.1, 0.15) is 30.5 Å². The van der Waals surface area contributed by atoms with Crippen LogP contribution < -0.4 is 14.2 Å². The van der Waals surface area contributed by atoms with E-state index in [-0.39, 0.29) is 11.4 Å². The van der Waals surface area contributed by atoms with Gasteiger partial charge in [0.05, 0.1) is 5.69 Å². The number of aromatic hydroxyl groups is 1. The Morgan fingerprint density at radius 2 is 1.79 bits per heavy atom. The predicted octanol–water partition coefficient (Wildman–Crippen LogP) is 4.72. The number of benzene rings is 2. The van der Waals surface area contributed by atoms with Crippen molar-refractivity contribution < 1.29 is 23.3 Å². The molecule has 0 bridgehead atoms. The molecule has 158 valence electrons. The molecule has 6 nitrogen and oxygen atoms in total. The van der Waals surface area contributed by atoms with Gasteiger partial charge >= 0.3 is 0 Å². The molecule has 29 heavy (non-hydrogen) atoms. The van der Waals surface area contributed by atoms with E-state index in [1.807, 2.05) is 25.1 Å². The summed E-state index contributed by atoms with van der Waals surface area (Å²) < 4.78 is 36.0. The van der Waals surface area contributed by atoms with Crippen LogP contribution in [-0.4, -0.2) is 27.1 Å². The molecule has 2 N–H and O–H groups in total. The summed E-state index contributed by atoms with van der Waals surface area (Å²) in [6.45, 7) is 4.80. The minimum Gasteiger partial charge on any atom is -0.755 e. The van der Waals surface area contributed by atoms with Crippen LogP contribution in [0.2, 0.25) is 0 Å². The van der Waals surface area contributed by atoms with Crippen LogP contribution in [0.4, 0.5) is 5.69 Å². The number of phenols is 1. The van der Waals surface area contributed by atoms with Gasteiger partial charge in [-0.2, -0.15) is 0 Å². The van der Waals surface area contributed by atoms with Crippen LogP contribution in [0.15, 0.2) is 30.3 Å². The maximum absolute atomic E-state index is 11.0. The van der Waals surface area contributed by atoms with Crippen LogP contribution in [0.25, 0.3) is 0 Å². The van der Waals surface area contributed by atoms with Crippen LogP contribution in [0.3, 0.4) is 0 Å². The van der Waals surface area contributed by atoms with Crippen molar-refractivity contribution in [2.24, 2.45) is 0 Å². The summed E-state index contributed by atoms with van der Waals surface area (Å²) in [4.78, 5) is 0. The Kier molecular flexibility index (Phi) is 7.39. The molecule has 0 saturated heterocycles. The Bertz CT molecular complexity index is 865. The average molecular weight is 419 g/mol. The van der Waals surface area contributed by atoms with E-state index in [9.17, 15) is 13.9 Å². The first-order valence-corrected chi connectivity index (χ1v) is 11.1. The van der Waals surface area contributed by atoms with Gasteiger partial charge in [-0.05, 0) is 67.5 Å². The zero-order chi connectivity index (χ0) is 20.8. The fourth-order valence-corrected chi connectivity index (χ4v) is 4.07. The molecule has 7 heteroatoms. The molecule has 0 aliphatic heterocycles. The van der Waals surface area contributed by atoms with Gasteiger partial charge in [-0.25, -0.2) is 0 Å². The van der Waals surface area contributed by atoms with Gasteiger partial charge in [0.2, 0.25) is 0 Å². The average Bonchev–Trinajstić information content (AvgIpc) is 2.70. The molecule has 2 aromatic carbocycles. The number of rotatable bonds is 8. The Morgan fingerprint density at radius 3 is 2.48 bits per heavy atom. The van der Waals surface area contributed by atoms with Crippen LogP contribution in [0, 0.1) is 13.8 Å². The molecule has 0 heterocycles. The molecule has 0 radical (unpaired) electrons. The third-order valence-corrected chi connectivity index (χ3v) is 5.84. The number of hydrogen-bond donors (Lipinski definition) is 2. The molecule has 2 aromatic rings. The standard InChI is InChI=1S/C22H29NO5S/c1-15-8-9-18(12-16(15)2)27-10-11-28-22-14-21(24)20(23-29(25)26)13-19(22)17-6-4-3-5-7-17/h8-9,12-14,17,23-24H,3-7,10-11H2,1-2H3,(H,25,26)/p-1. The van der Waals surface area contributed by atoms with Gasteiger partial charge < -0.3 is 23.9 Å². The molecule has 3 rings (SSSR count). The van der Waals surface area contributed by atoms with E-state index in [4.69, 9.17) is 9.47 Å². The van der Waals surface area contributed by atoms with Gasteiger partial charge in [0.25, 0.3) is 0 Å². The van der Waals surface area contributed by atoms with E-state index in [2.05, 4.69) is 11.6 Å². The number of anilines is 1. The molecule has 1 unspecified atom stereocenters. The molecule has 0 aromatic heterocycles. The lowest BCUT2D eigenvalue weighted by atomic mass is 9.83. The van der Waals surface area contributed by atoms with Crippen LogP contribution in [0.5, 0.6) is 17.2 Å². The minimum absolute atomic E-state index is 0.154. The summed E-state index contributed by atoms with van der Waals surface area (Å²) in [7, 11) is 0. The zero-order valence-corrected chi connectivity index (χ0v) is 17.7. The molecule has 0 spiro atoms.